The second kappa shape index (κ2) is 3.65. The highest BCUT2D eigenvalue weighted by Gasteiger charge is 2.50. The molecule has 3 aliphatic rings. The molecule has 2 saturated carbocycles. The van der Waals surface area contributed by atoms with Crippen molar-refractivity contribution in [2.75, 3.05) is 18.2 Å². The van der Waals surface area contributed by atoms with Crippen LogP contribution in [0.15, 0.2) is 0 Å². The normalized spacial score (nSPS) is 27.2. The summed E-state index contributed by atoms with van der Waals surface area (Å²) in [7, 11) is 0. The Kier molecular flexibility index (Phi) is 2.21. The van der Waals surface area contributed by atoms with E-state index in [1.54, 1.807) is 0 Å². The van der Waals surface area contributed by atoms with E-state index in [4.69, 9.17) is 4.84 Å². The van der Waals surface area contributed by atoms with Crippen LogP contribution in [0, 0.1) is 5.41 Å². The molecule has 1 aliphatic heterocycles. The van der Waals surface area contributed by atoms with Gasteiger partial charge in [-0.05, 0) is 25.7 Å². The molecule has 2 aliphatic carbocycles. The summed E-state index contributed by atoms with van der Waals surface area (Å²) in [5.41, 5.74) is 0.471. The van der Waals surface area contributed by atoms with Crippen LogP contribution in [-0.2, 0) is 4.84 Å². The Morgan fingerprint density at radius 3 is 2.82 bits per heavy atom. The Balaban J connectivity index is 1.50. The van der Waals surface area contributed by atoms with Gasteiger partial charge in [0.15, 0.2) is 0 Å². The highest BCUT2D eigenvalue weighted by molar-refractivity contribution is 7.09. The molecule has 4 rings (SSSR count). The average Bonchev–Trinajstić information content (AvgIpc) is 2.84. The summed E-state index contributed by atoms with van der Waals surface area (Å²) in [6.07, 6.45) is 7.84. The molecule has 92 valence electrons. The number of rotatable bonds is 2. The first-order chi connectivity index (χ1) is 8.35. The summed E-state index contributed by atoms with van der Waals surface area (Å²) < 4.78 is 4.52. The lowest BCUT2D eigenvalue weighted by molar-refractivity contribution is 0.155. The molecule has 0 radical (unpaired) electrons. The van der Waals surface area contributed by atoms with Gasteiger partial charge in [0.1, 0.15) is 5.82 Å². The van der Waals surface area contributed by atoms with Crippen molar-refractivity contribution in [3.63, 3.8) is 0 Å². The molecule has 0 unspecified atom stereocenters. The number of hydrogen-bond donors (Lipinski definition) is 0. The van der Waals surface area contributed by atoms with E-state index in [-0.39, 0.29) is 0 Å². The molecule has 2 heterocycles. The SMILES string of the molecule is C1CCC(c2nsc(N3CC4(CC4)CO3)n2)C1. The van der Waals surface area contributed by atoms with Gasteiger partial charge in [-0.25, -0.2) is 10.0 Å². The fraction of sp³-hybridized carbons (Fsp3) is 0.833. The Bertz CT molecular complexity index is 423. The molecule has 3 fully saturated rings. The van der Waals surface area contributed by atoms with Crippen molar-refractivity contribution in [3.8, 4) is 0 Å². The molecule has 1 spiro atoms. The minimum Gasteiger partial charge on any atom is -0.271 e. The van der Waals surface area contributed by atoms with E-state index in [0.717, 1.165) is 24.1 Å². The summed E-state index contributed by atoms with van der Waals surface area (Å²) in [4.78, 5) is 10.4. The van der Waals surface area contributed by atoms with E-state index in [2.05, 4.69) is 9.36 Å². The lowest BCUT2D eigenvalue weighted by Crippen LogP contribution is -2.18. The summed E-state index contributed by atoms with van der Waals surface area (Å²) in [5, 5.41) is 2.94. The Hall–Kier alpha value is -0.680. The fourth-order valence-electron chi connectivity index (χ4n) is 2.89. The van der Waals surface area contributed by atoms with Crippen molar-refractivity contribution in [1.29, 1.82) is 0 Å². The van der Waals surface area contributed by atoms with Gasteiger partial charge in [0.05, 0.1) is 13.2 Å². The van der Waals surface area contributed by atoms with E-state index >= 15 is 0 Å². The van der Waals surface area contributed by atoms with Gasteiger partial charge in [-0.2, -0.15) is 4.37 Å². The van der Waals surface area contributed by atoms with Crippen molar-refractivity contribution in [3.05, 3.63) is 5.82 Å². The highest BCUT2D eigenvalue weighted by atomic mass is 32.1. The number of anilines is 1. The smallest absolute Gasteiger partial charge is 0.229 e. The zero-order valence-corrected chi connectivity index (χ0v) is 10.7. The highest BCUT2D eigenvalue weighted by Crippen LogP contribution is 2.50. The van der Waals surface area contributed by atoms with E-state index < -0.39 is 0 Å². The zero-order chi connectivity index (χ0) is 11.3. The summed E-state index contributed by atoms with van der Waals surface area (Å²) in [6.45, 7) is 1.90. The third-order valence-electron chi connectivity index (χ3n) is 4.33. The predicted octanol–water partition coefficient (Wildman–Crippen LogP) is 2.73. The quantitative estimate of drug-likeness (QED) is 0.810. The standard InChI is InChI=1S/C12H17N3OS/c1-2-4-9(3-1)10-13-11(17-14-10)15-7-12(5-6-12)8-16-15/h9H,1-8H2. The summed E-state index contributed by atoms with van der Waals surface area (Å²) in [5.74, 6) is 1.67. The van der Waals surface area contributed by atoms with Gasteiger partial charge in [-0.1, -0.05) is 12.8 Å². The van der Waals surface area contributed by atoms with E-state index in [1.807, 2.05) is 5.06 Å². The molecular weight excluding hydrogens is 234 g/mol. The molecule has 0 aromatic carbocycles. The maximum Gasteiger partial charge on any atom is 0.229 e. The Morgan fingerprint density at radius 1 is 1.29 bits per heavy atom. The van der Waals surface area contributed by atoms with Crippen LogP contribution in [-0.4, -0.2) is 22.5 Å². The zero-order valence-electron chi connectivity index (χ0n) is 9.89. The minimum absolute atomic E-state index is 0.471. The van der Waals surface area contributed by atoms with E-state index in [0.29, 0.717) is 11.3 Å². The van der Waals surface area contributed by atoms with Gasteiger partial charge in [-0.3, -0.25) is 4.84 Å². The summed E-state index contributed by atoms with van der Waals surface area (Å²) >= 11 is 1.50. The van der Waals surface area contributed by atoms with Gasteiger partial charge in [0.25, 0.3) is 0 Å². The first kappa shape index (κ1) is 10.3. The third kappa shape index (κ3) is 1.76. The monoisotopic (exact) mass is 251 g/mol. The van der Waals surface area contributed by atoms with Crippen molar-refractivity contribution in [2.45, 2.75) is 44.4 Å². The number of nitrogens with zero attached hydrogens (tertiary/aromatic N) is 3. The molecule has 1 aromatic rings. The lowest BCUT2D eigenvalue weighted by Gasteiger charge is -2.11. The maximum atomic E-state index is 5.73. The molecule has 0 N–H and O–H groups in total. The second-order valence-corrected chi connectivity index (χ2v) is 6.46. The van der Waals surface area contributed by atoms with Crippen LogP contribution in [0.5, 0.6) is 0 Å². The molecule has 17 heavy (non-hydrogen) atoms. The molecule has 0 bridgehead atoms. The lowest BCUT2D eigenvalue weighted by atomic mass is 10.1. The average molecular weight is 251 g/mol. The first-order valence-electron chi connectivity index (χ1n) is 6.59. The van der Waals surface area contributed by atoms with Crippen molar-refractivity contribution in [2.24, 2.45) is 5.41 Å². The van der Waals surface area contributed by atoms with Crippen LogP contribution in [0.3, 0.4) is 0 Å². The third-order valence-corrected chi connectivity index (χ3v) is 5.06. The maximum absolute atomic E-state index is 5.73. The van der Waals surface area contributed by atoms with Gasteiger partial charge in [0.2, 0.25) is 5.13 Å². The van der Waals surface area contributed by atoms with Gasteiger partial charge in [0, 0.05) is 22.9 Å². The van der Waals surface area contributed by atoms with Crippen LogP contribution in [0.25, 0.3) is 0 Å². The van der Waals surface area contributed by atoms with Crippen LogP contribution in [0.4, 0.5) is 5.13 Å². The predicted molar refractivity (Wildman–Crippen MR) is 66.1 cm³/mol. The van der Waals surface area contributed by atoms with Gasteiger partial charge < -0.3 is 0 Å². The largest absolute Gasteiger partial charge is 0.271 e. The topological polar surface area (TPSA) is 38.2 Å². The molecular formula is C12H17N3OS. The van der Waals surface area contributed by atoms with Crippen LogP contribution < -0.4 is 5.06 Å². The number of aromatic nitrogens is 2. The van der Waals surface area contributed by atoms with Crippen LogP contribution >= 0.6 is 11.5 Å². The fourth-order valence-corrected chi connectivity index (χ4v) is 3.60. The van der Waals surface area contributed by atoms with Crippen molar-refractivity contribution in [1.82, 2.24) is 9.36 Å². The van der Waals surface area contributed by atoms with Crippen LogP contribution in [0.2, 0.25) is 0 Å². The molecule has 1 aromatic heterocycles. The molecule has 4 nitrogen and oxygen atoms in total. The van der Waals surface area contributed by atoms with E-state index in [9.17, 15) is 0 Å². The van der Waals surface area contributed by atoms with Crippen molar-refractivity contribution >= 4 is 16.7 Å². The first-order valence-corrected chi connectivity index (χ1v) is 7.36. The van der Waals surface area contributed by atoms with Gasteiger partial charge in [-0.15, -0.1) is 0 Å². The van der Waals surface area contributed by atoms with Crippen LogP contribution in [0.1, 0.15) is 50.3 Å². The van der Waals surface area contributed by atoms with Gasteiger partial charge >= 0.3 is 0 Å². The molecule has 0 atom stereocenters. The molecule has 0 amide bonds. The number of hydrogen-bond acceptors (Lipinski definition) is 5. The second-order valence-electron chi connectivity index (χ2n) is 5.73. The Morgan fingerprint density at radius 2 is 2.12 bits per heavy atom. The number of hydroxylamine groups is 1. The Labute approximate surface area is 105 Å². The molecule has 1 saturated heterocycles. The van der Waals surface area contributed by atoms with Crippen molar-refractivity contribution < 1.29 is 4.84 Å². The summed E-state index contributed by atoms with van der Waals surface area (Å²) in [6, 6.07) is 0. The minimum atomic E-state index is 0.471. The molecule has 5 heteroatoms. The van der Waals surface area contributed by atoms with E-state index in [1.165, 1.54) is 50.1 Å².